The van der Waals surface area contributed by atoms with E-state index in [0.717, 1.165) is 23.8 Å². The van der Waals surface area contributed by atoms with Crippen LogP contribution < -0.4 is 5.32 Å². The predicted molar refractivity (Wildman–Crippen MR) is 83.0 cm³/mol. The van der Waals surface area contributed by atoms with Crippen LogP contribution in [0.1, 0.15) is 70.7 Å². The summed E-state index contributed by atoms with van der Waals surface area (Å²) >= 11 is 1.50. The fraction of sp³-hybridized carbons (Fsp3) is 0.800. The van der Waals surface area contributed by atoms with Gasteiger partial charge in [-0.15, -0.1) is 10.2 Å². The quantitative estimate of drug-likeness (QED) is 0.858. The van der Waals surface area contributed by atoms with Crippen LogP contribution in [-0.4, -0.2) is 16.1 Å². The van der Waals surface area contributed by atoms with E-state index in [2.05, 4.69) is 36.3 Å². The molecule has 0 atom stereocenters. The predicted octanol–water partition coefficient (Wildman–Crippen LogP) is 4.13. The first-order valence-corrected chi connectivity index (χ1v) is 8.47. The van der Waals surface area contributed by atoms with E-state index >= 15 is 0 Å². The topological polar surface area (TPSA) is 54.9 Å². The molecule has 2 rings (SSSR count). The fourth-order valence-corrected chi connectivity index (χ4v) is 3.45. The van der Waals surface area contributed by atoms with Crippen molar-refractivity contribution in [2.75, 3.05) is 5.32 Å². The average Bonchev–Trinajstić information content (AvgIpc) is 3.07. The van der Waals surface area contributed by atoms with E-state index in [1.807, 2.05) is 0 Å². The van der Waals surface area contributed by atoms with Gasteiger partial charge in [0.25, 0.3) is 0 Å². The van der Waals surface area contributed by atoms with E-state index < -0.39 is 0 Å². The standard InChI is InChI=1S/C15H25N3OS/c1-4-15(2,3)13-17-18-14(20-13)16-12(19)10-9-11-7-5-6-8-11/h11H,4-10H2,1-3H3,(H,16,18,19). The Balaban J connectivity index is 1.82. The molecule has 0 aromatic carbocycles. The fourth-order valence-electron chi connectivity index (χ4n) is 2.51. The molecule has 1 saturated carbocycles. The second kappa shape index (κ2) is 6.66. The van der Waals surface area contributed by atoms with Gasteiger partial charge in [-0.25, -0.2) is 0 Å². The van der Waals surface area contributed by atoms with Crippen molar-refractivity contribution >= 4 is 22.4 Å². The van der Waals surface area contributed by atoms with Gasteiger partial charge in [-0.3, -0.25) is 4.79 Å². The Bertz CT molecular complexity index is 450. The van der Waals surface area contributed by atoms with Crippen molar-refractivity contribution < 1.29 is 4.79 Å². The Labute approximate surface area is 125 Å². The van der Waals surface area contributed by atoms with Crippen molar-refractivity contribution in [1.29, 1.82) is 0 Å². The molecule has 1 heterocycles. The minimum absolute atomic E-state index is 0.0322. The SMILES string of the molecule is CCC(C)(C)c1nnc(NC(=O)CCC2CCCC2)s1. The van der Waals surface area contributed by atoms with Crippen molar-refractivity contribution in [3.8, 4) is 0 Å². The van der Waals surface area contributed by atoms with Gasteiger partial charge >= 0.3 is 0 Å². The van der Waals surface area contributed by atoms with Gasteiger partial charge in [-0.1, -0.05) is 57.8 Å². The van der Waals surface area contributed by atoms with Crippen LogP contribution in [0.5, 0.6) is 0 Å². The molecule has 1 aromatic heterocycles. The summed E-state index contributed by atoms with van der Waals surface area (Å²) in [5.74, 6) is 0.832. The lowest BCUT2D eigenvalue weighted by atomic mass is 9.91. The molecule has 1 aliphatic rings. The molecule has 20 heavy (non-hydrogen) atoms. The zero-order chi connectivity index (χ0) is 14.6. The molecule has 1 fully saturated rings. The highest BCUT2D eigenvalue weighted by Gasteiger charge is 2.23. The number of rotatable bonds is 6. The van der Waals surface area contributed by atoms with Gasteiger partial charge in [0.05, 0.1) is 0 Å². The lowest BCUT2D eigenvalue weighted by Gasteiger charge is -2.17. The first-order valence-electron chi connectivity index (χ1n) is 7.65. The van der Waals surface area contributed by atoms with Crippen LogP contribution in [0.15, 0.2) is 0 Å². The summed E-state index contributed by atoms with van der Waals surface area (Å²) in [4.78, 5) is 11.9. The second-order valence-electron chi connectivity index (χ2n) is 6.39. The summed E-state index contributed by atoms with van der Waals surface area (Å²) < 4.78 is 0. The molecule has 4 nitrogen and oxygen atoms in total. The van der Waals surface area contributed by atoms with E-state index in [9.17, 15) is 4.79 Å². The van der Waals surface area contributed by atoms with Gasteiger partial charge in [0.2, 0.25) is 11.0 Å². The molecule has 0 radical (unpaired) electrons. The van der Waals surface area contributed by atoms with E-state index in [4.69, 9.17) is 0 Å². The number of hydrogen-bond donors (Lipinski definition) is 1. The third-order valence-electron chi connectivity index (χ3n) is 4.39. The molecule has 1 N–H and O–H groups in total. The van der Waals surface area contributed by atoms with Crippen LogP contribution in [0.3, 0.4) is 0 Å². The third-order valence-corrected chi connectivity index (χ3v) is 5.59. The normalized spacial score (nSPS) is 16.6. The van der Waals surface area contributed by atoms with Crippen LogP contribution in [0, 0.1) is 5.92 Å². The zero-order valence-electron chi connectivity index (χ0n) is 12.7. The summed E-state index contributed by atoms with van der Waals surface area (Å²) in [6, 6.07) is 0. The summed E-state index contributed by atoms with van der Waals surface area (Å²) in [6.45, 7) is 6.44. The average molecular weight is 295 g/mol. The number of aromatic nitrogens is 2. The van der Waals surface area contributed by atoms with E-state index in [0.29, 0.717) is 11.6 Å². The Morgan fingerprint density at radius 2 is 2.05 bits per heavy atom. The molecule has 1 amide bonds. The number of nitrogens with one attached hydrogen (secondary N) is 1. The highest BCUT2D eigenvalue weighted by atomic mass is 32.1. The van der Waals surface area contributed by atoms with Gasteiger partial charge < -0.3 is 5.32 Å². The van der Waals surface area contributed by atoms with Gasteiger partial charge in [-0.05, 0) is 18.8 Å². The molecular formula is C15H25N3OS. The first-order chi connectivity index (χ1) is 9.51. The van der Waals surface area contributed by atoms with E-state index in [-0.39, 0.29) is 11.3 Å². The molecular weight excluding hydrogens is 270 g/mol. The lowest BCUT2D eigenvalue weighted by Crippen LogP contribution is -2.14. The van der Waals surface area contributed by atoms with Crippen molar-refractivity contribution in [2.24, 2.45) is 5.92 Å². The first kappa shape index (κ1) is 15.4. The number of hydrogen-bond acceptors (Lipinski definition) is 4. The monoisotopic (exact) mass is 295 g/mol. The van der Waals surface area contributed by atoms with Gasteiger partial charge in [-0.2, -0.15) is 0 Å². The molecule has 1 aliphatic carbocycles. The number of carbonyl (C=O) groups is 1. The highest BCUT2D eigenvalue weighted by Crippen LogP contribution is 2.31. The highest BCUT2D eigenvalue weighted by molar-refractivity contribution is 7.15. The molecule has 0 unspecified atom stereocenters. The Morgan fingerprint density at radius 3 is 2.70 bits per heavy atom. The Hall–Kier alpha value is -0.970. The summed E-state index contributed by atoms with van der Waals surface area (Å²) in [6.07, 6.45) is 7.88. The summed E-state index contributed by atoms with van der Waals surface area (Å²) in [5, 5.41) is 12.8. The number of carbonyl (C=O) groups excluding carboxylic acids is 1. The van der Waals surface area contributed by atoms with Gasteiger partial charge in [0.1, 0.15) is 5.01 Å². The van der Waals surface area contributed by atoms with Crippen LogP contribution in [0.25, 0.3) is 0 Å². The number of nitrogens with zero attached hydrogens (tertiary/aromatic N) is 2. The Kier molecular flexibility index (Phi) is 5.13. The van der Waals surface area contributed by atoms with Crippen LogP contribution in [-0.2, 0) is 10.2 Å². The molecule has 0 spiro atoms. The molecule has 0 saturated heterocycles. The van der Waals surface area contributed by atoms with Gasteiger partial charge in [0.15, 0.2) is 0 Å². The molecule has 112 valence electrons. The largest absolute Gasteiger partial charge is 0.301 e. The van der Waals surface area contributed by atoms with Crippen molar-refractivity contribution in [2.45, 2.75) is 71.1 Å². The molecule has 0 aliphatic heterocycles. The van der Waals surface area contributed by atoms with Crippen LogP contribution in [0.2, 0.25) is 0 Å². The van der Waals surface area contributed by atoms with Gasteiger partial charge in [0, 0.05) is 11.8 Å². The maximum Gasteiger partial charge on any atom is 0.226 e. The van der Waals surface area contributed by atoms with E-state index in [1.54, 1.807) is 0 Å². The van der Waals surface area contributed by atoms with E-state index in [1.165, 1.54) is 37.0 Å². The van der Waals surface area contributed by atoms with Crippen molar-refractivity contribution in [3.05, 3.63) is 5.01 Å². The lowest BCUT2D eigenvalue weighted by molar-refractivity contribution is -0.116. The van der Waals surface area contributed by atoms with Crippen LogP contribution >= 0.6 is 11.3 Å². The van der Waals surface area contributed by atoms with Crippen molar-refractivity contribution in [1.82, 2.24) is 10.2 Å². The smallest absolute Gasteiger partial charge is 0.226 e. The van der Waals surface area contributed by atoms with Crippen molar-refractivity contribution in [3.63, 3.8) is 0 Å². The third kappa shape index (κ3) is 4.01. The summed E-state index contributed by atoms with van der Waals surface area (Å²) in [5.41, 5.74) is 0.0322. The second-order valence-corrected chi connectivity index (χ2v) is 7.36. The number of anilines is 1. The minimum Gasteiger partial charge on any atom is -0.301 e. The molecule has 5 heteroatoms. The zero-order valence-corrected chi connectivity index (χ0v) is 13.6. The Morgan fingerprint density at radius 1 is 1.35 bits per heavy atom. The molecule has 1 aromatic rings. The van der Waals surface area contributed by atoms with Crippen LogP contribution in [0.4, 0.5) is 5.13 Å². The number of amides is 1. The maximum atomic E-state index is 11.9. The minimum atomic E-state index is 0.0322. The molecule has 0 bridgehead atoms. The maximum absolute atomic E-state index is 11.9. The summed E-state index contributed by atoms with van der Waals surface area (Å²) in [7, 11) is 0.